The lowest BCUT2D eigenvalue weighted by molar-refractivity contribution is -0.385. The van der Waals surface area contributed by atoms with Crippen molar-refractivity contribution in [3.05, 3.63) is 79.9 Å². The summed E-state index contributed by atoms with van der Waals surface area (Å²) in [6.45, 7) is 2.64. The number of alkyl carbamates (subject to hydrolysis) is 1. The Morgan fingerprint density at radius 2 is 1.48 bits per heavy atom. The number of carbonyl (C=O) groups excluding carboxylic acids is 4. The third-order valence-electron chi connectivity index (χ3n) is 6.60. The van der Waals surface area contributed by atoms with Gasteiger partial charge < -0.3 is 24.4 Å². The fourth-order valence-corrected chi connectivity index (χ4v) is 5.58. The second kappa shape index (κ2) is 16.2. The molecule has 0 radical (unpaired) electrons. The van der Waals surface area contributed by atoms with Crippen LogP contribution in [-0.4, -0.2) is 68.5 Å². The number of ether oxygens (including phenoxy) is 3. The van der Waals surface area contributed by atoms with Crippen molar-refractivity contribution in [1.29, 1.82) is 0 Å². The van der Waals surface area contributed by atoms with E-state index in [-0.39, 0.29) is 60.5 Å². The van der Waals surface area contributed by atoms with Crippen molar-refractivity contribution < 1.29 is 43.2 Å². The van der Waals surface area contributed by atoms with Crippen LogP contribution in [0, 0.1) is 20.2 Å². The number of thioether (sulfide) groups is 1. The summed E-state index contributed by atoms with van der Waals surface area (Å²) < 4.78 is 16.0. The standard InChI is InChI=1S/C28H32N4O11S/c1-18(33)43-25(14-29-27(35)41-16-20-3-7-22(8-4-20)31(37)38)12-11-24-13-26(44-19(2)34)15-30(24)28(36)42-17-21-5-9-23(10-6-21)32(39)40/h3-10,24-26H,11-17H2,1-2H3,(H,29,35)/t24-,25?,26+/m1/s1. The minimum absolute atomic E-state index is 0.0678. The van der Waals surface area contributed by atoms with Crippen LogP contribution in [0.15, 0.2) is 48.5 Å². The fourth-order valence-electron chi connectivity index (χ4n) is 4.56. The van der Waals surface area contributed by atoms with Gasteiger partial charge in [0, 0.05) is 55.9 Å². The summed E-state index contributed by atoms with van der Waals surface area (Å²) in [5.41, 5.74) is 0.934. The van der Waals surface area contributed by atoms with Gasteiger partial charge in [0.15, 0.2) is 5.12 Å². The molecule has 1 aliphatic heterocycles. The van der Waals surface area contributed by atoms with Gasteiger partial charge in [-0.3, -0.25) is 29.8 Å². The van der Waals surface area contributed by atoms with E-state index in [1.54, 1.807) is 0 Å². The molecule has 0 saturated carbocycles. The van der Waals surface area contributed by atoms with Gasteiger partial charge in [0.1, 0.15) is 19.3 Å². The molecule has 3 rings (SSSR count). The maximum atomic E-state index is 13.0. The molecule has 0 aromatic heterocycles. The SMILES string of the molecule is CC(=O)OC(CC[C@@H]1C[C@H](SC(C)=O)CN1C(=O)OCc1ccc([N+](=O)[O-])cc1)CNC(=O)OCc1ccc([N+](=O)[O-])cc1. The summed E-state index contributed by atoms with van der Waals surface area (Å²) in [6.07, 6.45) is -0.992. The minimum Gasteiger partial charge on any atom is -0.461 e. The zero-order valence-corrected chi connectivity index (χ0v) is 24.9. The Morgan fingerprint density at radius 3 is 1.98 bits per heavy atom. The number of nitro groups is 2. The first-order valence-corrected chi connectivity index (χ1v) is 14.4. The highest BCUT2D eigenvalue weighted by molar-refractivity contribution is 8.14. The normalized spacial score (nSPS) is 16.5. The van der Waals surface area contributed by atoms with E-state index in [0.717, 1.165) is 11.8 Å². The summed E-state index contributed by atoms with van der Waals surface area (Å²) in [6, 6.07) is 10.8. The highest BCUT2D eigenvalue weighted by atomic mass is 32.2. The quantitative estimate of drug-likeness (QED) is 0.141. The molecule has 2 amide bonds. The van der Waals surface area contributed by atoms with E-state index in [9.17, 15) is 39.4 Å². The molecule has 0 bridgehead atoms. The van der Waals surface area contributed by atoms with Crippen molar-refractivity contribution in [2.75, 3.05) is 13.1 Å². The maximum Gasteiger partial charge on any atom is 0.410 e. The van der Waals surface area contributed by atoms with Crippen LogP contribution in [-0.2, 0) is 37.0 Å². The predicted octanol–water partition coefficient (Wildman–Crippen LogP) is 4.50. The van der Waals surface area contributed by atoms with E-state index in [1.165, 1.54) is 67.3 Å². The van der Waals surface area contributed by atoms with Gasteiger partial charge in [-0.15, -0.1) is 0 Å². The molecular formula is C28H32N4O11S. The van der Waals surface area contributed by atoms with E-state index in [0.29, 0.717) is 24.0 Å². The first-order chi connectivity index (χ1) is 20.9. The summed E-state index contributed by atoms with van der Waals surface area (Å²) in [4.78, 5) is 70.8. The molecule has 3 atom stereocenters. The molecule has 0 spiro atoms. The maximum absolute atomic E-state index is 13.0. The number of hydrogen-bond acceptors (Lipinski definition) is 12. The Kier molecular flexibility index (Phi) is 12.4. The average molecular weight is 633 g/mol. The summed E-state index contributed by atoms with van der Waals surface area (Å²) in [5.74, 6) is -0.563. The number of nitrogens with one attached hydrogen (secondary N) is 1. The van der Waals surface area contributed by atoms with Gasteiger partial charge in [0.05, 0.1) is 16.4 Å². The Balaban J connectivity index is 1.55. The van der Waals surface area contributed by atoms with Gasteiger partial charge in [0.2, 0.25) is 0 Å². The van der Waals surface area contributed by atoms with Crippen LogP contribution in [0.1, 0.15) is 44.2 Å². The average Bonchev–Trinajstić information content (AvgIpc) is 3.38. The first-order valence-electron chi connectivity index (χ1n) is 13.6. The Morgan fingerprint density at radius 1 is 0.932 bits per heavy atom. The summed E-state index contributed by atoms with van der Waals surface area (Å²) in [5, 5.41) is 23.9. The summed E-state index contributed by atoms with van der Waals surface area (Å²) in [7, 11) is 0. The number of nitrogens with zero attached hydrogens (tertiary/aromatic N) is 3. The van der Waals surface area contributed by atoms with E-state index >= 15 is 0 Å². The highest BCUT2D eigenvalue weighted by Crippen LogP contribution is 2.31. The second-order valence-corrected chi connectivity index (χ2v) is 11.4. The number of esters is 1. The van der Waals surface area contributed by atoms with Gasteiger partial charge in [-0.2, -0.15) is 0 Å². The van der Waals surface area contributed by atoms with E-state index < -0.39 is 34.1 Å². The Labute approximate surface area is 256 Å². The van der Waals surface area contributed by atoms with Crippen molar-refractivity contribution in [3.63, 3.8) is 0 Å². The highest BCUT2D eigenvalue weighted by Gasteiger charge is 2.37. The van der Waals surface area contributed by atoms with Crippen LogP contribution in [0.4, 0.5) is 21.0 Å². The third-order valence-corrected chi connectivity index (χ3v) is 7.61. The van der Waals surface area contributed by atoms with Crippen molar-refractivity contribution in [2.24, 2.45) is 0 Å². The molecule has 44 heavy (non-hydrogen) atoms. The molecule has 15 nitrogen and oxygen atoms in total. The molecule has 1 aliphatic rings. The largest absolute Gasteiger partial charge is 0.461 e. The smallest absolute Gasteiger partial charge is 0.410 e. The van der Waals surface area contributed by atoms with Gasteiger partial charge >= 0.3 is 18.2 Å². The van der Waals surface area contributed by atoms with E-state index in [4.69, 9.17) is 14.2 Å². The van der Waals surface area contributed by atoms with Crippen LogP contribution >= 0.6 is 11.8 Å². The number of benzene rings is 2. The molecule has 1 N–H and O–H groups in total. The number of likely N-dealkylation sites (tertiary alicyclic amines) is 1. The van der Waals surface area contributed by atoms with E-state index in [1.807, 2.05) is 0 Å². The van der Waals surface area contributed by atoms with Crippen LogP contribution < -0.4 is 5.32 Å². The topological polar surface area (TPSA) is 198 Å². The number of amides is 2. The molecule has 1 heterocycles. The number of hydrogen-bond donors (Lipinski definition) is 1. The number of rotatable bonds is 13. The summed E-state index contributed by atoms with van der Waals surface area (Å²) >= 11 is 1.13. The third kappa shape index (κ3) is 10.8. The lowest BCUT2D eigenvalue weighted by Crippen LogP contribution is -2.39. The molecule has 2 aromatic rings. The van der Waals surface area contributed by atoms with Crippen molar-refractivity contribution in [3.8, 4) is 0 Å². The lowest BCUT2D eigenvalue weighted by atomic mass is 10.1. The predicted molar refractivity (Wildman–Crippen MR) is 157 cm³/mol. The van der Waals surface area contributed by atoms with Gasteiger partial charge in [0.25, 0.3) is 11.4 Å². The van der Waals surface area contributed by atoms with Crippen molar-refractivity contribution >= 4 is 46.4 Å². The van der Waals surface area contributed by atoms with Crippen LogP contribution in [0.25, 0.3) is 0 Å². The molecule has 1 unspecified atom stereocenters. The first kappa shape index (κ1) is 33.8. The molecule has 0 aliphatic carbocycles. The zero-order valence-electron chi connectivity index (χ0n) is 24.0. The van der Waals surface area contributed by atoms with Crippen molar-refractivity contribution in [1.82, 2.24) is 10.2 Å². The zero-order chi connectivity index (χ0) is 32.2. The lowest BCUT2D eigenvalue weighted by Gasteiger charge is -2.26. The molecule has 1 fully saturated rings. The molecule has 236 valence electrons. The molecule has 2 aromatic carbocycles. The number of carbonyl (C=O) groups is 4. The molecule has 1 saturated heterocycles. The van der Waals surface area contributed by atoms with Gasteiger partial charge in [-0.25, -0.2) is 9.59 Å². The Bertz CT molecular complexity index is 1350. The monoisotopic (exact) mass is 632 g/mol. The number of nitro benzene ring substituents is 2. The van der Waals surface area contributed by atoms with Gasteiger partial charge in [-0.1, -0.05) is 11.8 Å². The molecule has 16 heteroatoms. The van der Waals surface area contributed by atoms with Crippen LogP contribution in [0.3, 0.4) is 0 Å². The van der Waals surface area contributed by atoms with Gasteiger partial charge in [-0.05, 0) is 54.7 Å². The second-order valence-electron chi connectivity index (χ2n) is 9.94. The fraction of sp³-hybridized carbons (Fsp3) is 0.429. The van der Waals surface area contributed by atoms with Crippen molar-refractivity contribution in [2.45, 2.75) is 63.7 Å². The minimum atomic E-state index is -0.782. The van der Waals surface area contributed by atoms with Crippen LogP contribution in [0.2, 0.25) is 0 Å². The van der Waals surface area contributed by atoms with E-state index in [2.05, 4.69) is 5.32 Å². The Hall–Kier alpha value is -4.73. The number of non-ortho nitro benzene ring substituents is 2. The molecular weight excluding hydrogens is 600 g/mol. The van der Waals surface area contributed by atoms with Crippen LogP contribution in [0.5, 0.6) is 0 Å².